The predicted molar refractivity (Wildman–Crippen MR) is 140 cm³/mol. The number of fused-ring (bicyclic) bond motifs is 1. The van der Waals surface area contributed by atoms with Crippen LogP contribution in [-0.2, 0) is 16.6 Å². The van der Waals surface area contributed by atoms with Crippen LogP contribution in [0.2, 0.25) is 5.02 Å². The number of sulfonamides is 1. The van der Waals surface area contributed by atoms with Crippen LogP contribution in [0.3, 0.4) is 0 Å². The van der Waals surface area contributed by atoms with Gasteiger partial charge in [-0.1, -0.05) is 29.8 Å². The predicted octanol–water partition coefficient (Wildman–Crippen LogP) is 5.39. The smallest absolute Gasteiger partial charge is 0.237 e. The molecule has 0 amide bonds. The molecule has 4 aromatic rings. The van der Waals surface area contributed by atoms with Gasteiger partial charge in [0, 0.05) is 11.6 Å². The summed E-state index contributed by atoms with van der Waals surface area (Å²) in [7, 11) is -3.46. The number of aromatic nitrogens is 2. The van der Waals surface area contributed by atoms with Gasteiger partial charge in [0.25, 0.3) is 0 Å². The number of anilines is 1. The van der Waals surface area contributed by atoms with Crippen molar-refractivity contribution in [2.45, 2.75) is 6.61 Å². The van der Waals surface area contributed by atoms with E-state index in [4.69, 9.17) is 32.7 Å². The molecule has 1 heterocycles. The molecule has 36 heavy (non-hydrogen) atoms. The van der Waals surface area contributed by atoms with E-state index in [1.807, 2.05) is 36.4 Å². The van der Waals surface area contributed by atoms with E-state index >= 15 is 0 Å². The van der Waals surface area contributed by atoms with Crippen molar-refractivity contribution in [3.8, 4) is 28.7 Å². The van der Waals surface area contributed by atoms with Crippen molar-refractivity contribution in [2.75, 3.05) is 23.5 Å². The number of hydrogen-bond acceptors (Lipinski definition) is 7. The van der Waals surface area contributed by atoms with Crippen molar-refractivity contribution < 1.29 is 17.9 Å². The molecule has 184 valence electrons. The number of hydrogen-bond donors (Lipinski definition) is 1. The van der Waals surface area contributed by atoms with Crippen molar-refractivity contribution in [1.29, 1.82) is 5.26 Å². The monoisotopic (exact) mass is 542 g/mol. The fourth-order valence-corrected chi connectivity index (χ4v) is 4.23. The molecule has 1 N–H and O–H groups in total. The lowest BCUT2D eigenvalue weighted by Gasteiger charge is -2.12. The zero-order valence-electron chi connectivity index (χ0n) is 19.0. The van der Waals surface area contributed by atoms with Crippen molar-refractivity contribution in [3.05, 3.63) is 76.9 Å². The summed E-state index contributed by atoms with van der Waals surface area (Å²) in [6.07, 6.45) is 2.59. The van der Waals surface area contributed by atoms with Crippen molar-refractivity contribution in [2.24, 2.45) is 0 Å². The number of halogens is 2. The molecule has 3 aromatic carbocycles. The van der Waals surface area contributed by atoms with Gasteiger partial charge in [0.1, 0.15) is 25.0 Å². The summed E-state index contributed by atoms with van der Waals surface area (Å²) in [5.41, 5.74) is 3.39. The lowest BCUT2D eigenvalue weighted by molar-refractivity contribution is 0.306. The van der Waals surface area contributed by atoms with Crippen LogP contribution in [0.4, 0.5) is 5.95 Å². The highest BCUT2D eigenvalue weighted by Gasteiger charge is 2.13. The Morgan fingerprint density at radius 1 is 1.08 bits per heavy atom. The van der Waals surface area contributed by atoms with Crippen molar-refractivity contribution >= 4 is 50.1 Å². The lowest BCUT2D eigenvalue weighted by atomic mass is 10.0. The van der Waals surface area contributed by atoms with Gasteiger partial charge in [-0.3, -0.25) is 4.72 Å². The molecule has 0 radical (unpaired) electrons. The van der Waals surface area contributed by atoms with Gasteiger partial charge in [0.05, 0.1) is 28.2 Å². The number of nitrogens with one attached hydrogen (secondary N) is 1. The lowest BCUT2D eigenvalue weighted by Crippen LogP contribution is -2.12. The highest BCUT2D eigenvalue weighted by Crippen LogP contribution is 2.35. The van der Waals surface area contributed by atoms with Gasteiger partial charge in [-0.2, -0.15) is 5.26 Å². The van der Waals surface area contributed by atoms with E-state index in [1.54, 1.807) is 24.4 Å². The number of nitriles is 1. The van der Waals surface area contributed by atoms with Gasteiger partial charge < -0.3 is 9.47 Å². The molecule has 1 aromatic heterocycles. The first-order chi connectivity index (χ1) is 17.3. The molecule has 0 atom stereocenters. The second kappa shape index (κ2) is 11.0. The Kier molecular flexibility index (Phi) is 7.79. The first-order valence-electron chi connectivity index (χ1n) is 10.6. The summed E-state index contributed by atoms with van der Waals surface area (Å²) in [6, 6.07) is 18.5. The summed E-state index contributed by atoms with van der Waals surface area (Å²) in [4.78, 5) is 8.27. The second-order valence-corrected chi connectivity index (χ2v) is 10.3. The molecule has 0 saturated carbocycles. The quantitative estimate of drug-likeness (QED) is 0.282. The molecule has 8 nitrogen and oxygen atoms in total. The molecule has 4 rings (SSSR count). The molecule has 0 spiro atoms. The molecule has 11 heteroatoms. The summed E-state index contributed by atoms with van der Waals surface area (Å²) in [5, 5.41) is 10.6. The van der Waals surface area contributed by atoms with Gasteiger partial charge in [-0.25, -0.2) is 18.4 Å². The normalized spacial score (nSPS) is 11.2. The Labute approximate surface area is 218 Å². The minimum absolute atomic E-state index is 0.0177. The highest BCUT2D eigenvalue weighted by molar-refractivity contribution is 7.91. The van der Waals surface area contributed by atoms with Gasteiger partial charge >= 0.3 is 0 Å². The van der Waals surface area contributed by atoms with E-state index in [9.17, 15) is 13.7 Å². The van der Waals surface area contributed by atoms with Crippen molar-refractivity contribution in [1.82, 2.24) is 9.97 Å². The second-order valence-electron chi connectivity index (χ2n) is 7.76. The third-order valence-corrected chi connectivity index (χ3v) is 5.97. The summed E-state index contributed by atoms with van der Waals surface area (Å²) >= 11 is 12.1. The van der Waals surface area contributed by atoms with E-state index < -0.39 is 10.0 Å². The molecule has 0 bridgehead atoms. The van der Waals surface area contributed by atoms with Gasteiger partial charge in [0.15, 0.2) is 5.75 Å². The maximum Gasteiger partial charge on any atom is 0.237 e. The summed E-state index contributed by atoms with van der Waals surface area (Å²) in [6.45, 7) is 0.538. The first-order valence-corrected chi connectivity index (χ1v) is 13.5. The Morgan fingerprint density at radius 3 is 2.67 bits per heavy atom. The number of rotatable bonds is 9. The summed E-state index contributed by atoms with van der Waals surface area (Å²) in [5.74, 6) is 1.25. The summed E-state index contributed by atoms with van der Waals surface area (Å²) < 4.78 is 36.5. The highest BCUT2D eigenvalue weighted by atomic mass is 35.5. The topological polar surface area (TPSA) is 114 Å². The molecule has 0 aliphatic rings. The minimum atomic E-state index is -3.46. The first kappa shape index (κ1) is 25.5. The standard InChI is InChI=1S/C25H20Cl2N4O4S/c1-36(32,33)31-25-29-14-20-9-16(5-6-23(20)30-25)15-35-21-4-2-3-17(11-21)18-10-19(13-28)24(22(27)12-18)34-8-7-26/h2-6,9-12,14H,7-8,15H2,1H3,(H,29,30,31). The van der Waals surface area contributed by atoms with Crippen LogP contribution >= 0.6 is 23.2 Å². The molecule has 0 fully saturated rings. The van der Waals surface area contributed by atoms with E-state index in [0.29, 0.717) is 27.6 Å². The Hall–Kier alpha value is -3.58. The van der Waals surface area contributed by atoms with E-state index in [1.165, 1.54) is 0 Å². The van der Waals surface area contributed by atoms with Crippen LogP contribution in [-0.4, -0.2) is 37.1 Å². The fraction of sp³-hybridized carbons (Fsp3) is 0.160. The van der Waals surface area contributed by atoms with Crippen LogP contribution < -0.4 is 14.2 Å². The average Bonchev–Trinajstić information content (AvgIpc) is 2.85. The number of ether oxygens (including phenoxy) is 2. The average molecular weight is 543 g/mol. The Balaban J connectivity index is 1.51. The third-order valence-electron chi connectivity index (χ3n) is 4.98. The fourth-order valence-electron chi connectivity index (χ4n) is 3.45. The van der Waals surface area contributed by atoms with E-state index in [0.717, 1.165) is 28.3 Å². The molecular weight excluding hydrogens is 523 g/mol. The molecule has 0 unspecified atom stereocenters. The zero-order chi connectivity index (χ0) is 25.7. The maximum atomic E-state index is 11.4. The Morgan fingerprint density at radius 2 is 1.92 bits per heavy atom. The van der Waals surface area contributed by atoms with Gasteiger partial charge in [-0.05, 0) is 53.1 Å². The van der Waals surface area contributed by atoms with E-state index in [2.05, 4.69) is 20.8 Å². The SMILES string of the molecule is CS(=O)(=O)Nc1ncc2cc(COc3cccc(-c4cc(Cl)c(OCCCl)c(C#N)c4)c3)ccc2n1. The van der Waals surface area contributed by atoms with Crippen LogP contribution in [0.15, 0.2) is 60.8 Å². The Bertz CT molecular complexity index is 1570. The van der Waals surface area contributed by atoms with Crippen LogP contribution in [0.5, 0.6) is 11.5 Å². The zero-order valence-corrected chi connectivity index (χ0v) is 21.4. The number of benzene rings is 3. The van der Waals surface area contributed by atoms with Crippen LogP contribution in [0.25, 0.3) is 22.0 Å². The molecule has 0 aliphatic heterocycles. The molecule has 0 aliphatic carbocycles. The third kappa shape index (κ3) is 6.34. The van der Waals surface area contributed by atoms with Gasteiger partial charge in [-0.15, -0.1) is 11.6 Å². The van der Waals surface area contributed by atoms with Crippen LogP contribution in [0.1, 0.15) is 11.1 Å². The largest absolute Gasteiger partial charge is 0.489 e. The maximum absolute atomic E-state index is 11.4. The minimum Gasteiger partial charge on any atom is -0.489 e. The number of nitrogens with zero attached hydrogens (tertiary/aromatic N) is 3. The van der Waals surface area contributed by atoms with Crippen molar-refractivity contribution in [3.63, 3.8) is 0 Å². The number of alkyl halides is 1. The van der Waals surface area contributed by atoms with Gasteiger partial charge in [0.2, 0.25) is 16.0 Å². The molecular formula is C25H20Cl2N4O4S. The molecule has 0 saturated heterocycles. The van der Waals surface area contributed by atoms with E-state index in [-0.39, 0.29) is 25.0 Å². The van der Waals surface area contributed by atoms with Crippen LogP contribution in [0, 0.1) is 11.3 Å².